The third-order valence-corrected chi connectivity index (χ3v) is 7.21. The average molecular weight is 542 g/mol. The number of methoxy groups -OCH3 is 1. The van der Waals surface area contributed by atoms with Crippen LogP contribution in [0.3, 0.4) is 0 Å². The minimum absolute atomic E-state index is 0.239. The number of anilines is 2. The van der Waals surface area contributed by atoms with Gasteiger partial charge in [-0.3, -0.25) is 4.90 Å². The van der Waals surface area contributed by atoms with Crippen LogP contribution in [0.5, 0.6) is 5.75 Å². The molecular formula is C30H29F2N7O. The third kappa shape index (κ3) is 5.17. The largest absolute Gasteiger partial charge is 0.497 e. The maximum Gasteiger partial charge on any atom is 0.228 e. The topological polar surface area (TPSA) is 85.3 Å². The van der Waals surface area contributed by atoms with Gasteiger partial charge in [-0.25, -0.2) is 18.4 Å². The highest BCUT2D eigenvalue weighted by Crippen LogP contribution is 2.35. The summed E-state index contributed by atoms with van der Waals surface area (Å²) in [5.74, 6) is 0.557. The highest BCUT2D eigenvalue weighted by molar-refractivity contribution is 5.99. The molecule has 0 unspecified atom stereocenters. The summed E-state index contributed by atoms with van der Waals surface area (Å²) in [4.78, 5) is 14.0. The first-order valence-electron chi connectivity index (χ1n) is 13.1. The summed E-state index contributed by atoms with van der Waals surface area (Å²) >= 11 is 0. The number of hydrogen-bond donors (Lipinski definition) is 1. The van der Waals surface area contributed by atoms with Gasteiger partial charge in [0.25, 0.3) is 0 Å². The number of fused-ring (bicyclic) bond motifs is 1. The third-order valence-electron chi connectivity index (χ3n) is 7.21. The van der Waals surface area contributed by atoms with Gasteiger partial charge in [-0.15, -0.1) is 5.10 Å². The molecule has 2 aromatic heterocycles. The molecule has 1 aliphatic heterocycles. The molecule has 0 saturated carbocycles. The summed E-state index contributed by atoms with van der Waals surface area (Å²) in [6.07, 6.45) is 0. The molecule has 1 saturated heterocycles. The van der Waals surface area contributed by atoms with E-state index in [0.29, 0.717) is 59.4 Å². The van der Waals surface area contributed by atoms with Gasteiger partial charge >= 0.3 is 0 Å². The van der Waals surface area contributed by atoms with Crippen LogP contribution in [0.25, 0.3) is 22.3 Å². The molecule has 1 fully saturated rings. The van der Waals surface area contributed by atoms with Gasteiger partial charge in [0.15, 0.2) is 5.65 Å². The molecule has 3 heterocycles. The van der Waals surface area contributed by atoms with Crippen molar-refractivity contribution in [3.8, 4) is 17.0 Å². The Hall–Kier alpha value is -4.57. The van der Waals surface area contributed by atoms with Crippen molar-refractivity contribution in [2.45, 2.75) is 13.1 Å². The fraction of sp³-hybridized carbons (Fsp3) is 0.233. The number of benzene rings is 3. The zero-order chi connectivity index (χ0) is 27.6. The number of hydrogen-bond acceptors (Lipinski definition) is 7. The summed E-state index contributed by atoms with van der Waals surface area (Å²) < 4.78 is 35.5. The van der Waals surface area contributed by atoms with Crippen molar-refractivity contribution >= 4 is 22.8 Å². The van der Waals surface area contributed by atoms with Gasteiger partial charge in [-0.2, -0.15) is 4.98 Å². The van der Waals surface area contributed by atoms with E-state index in [-0.39, 0.29) is 5.82 Å². The highest BCUT2D eigenvalue weighted by Gasteiger charge is 2.25. The molecule has 0 bridgehead atoms. The van der Waals surface area contributed by atoms with Crippen LogP contribution in [0.15, 0.2) is 72.8 Å². The molecule has 0 amide bonds. The van der Waals surface area contributed by atoms with Crippen molar-refractivity contribution in [3.05, 3.63) is 95.6 Å². The molecule has 0 aliphatic carbocycles. The van der Waals surface area contributed by atoms with Crippen LogP contribution >= 0.6 is 0 Å². The van der Waals surface area contributed by atoms with Crippen LogP contribution in [-0.2, 0) is 13.1 Å². The first-order chi connectivity index (χ1) is 19.5. The molecule has 204 valence electrons. The molecule has 1 aliphatic rings. The quantitative estimate of drug-likeness (QED) is 0.319. The van der Waals surface area contributed by atoms with E-state index in [1.807, 2.05) is 42.5 Å². The number of halogens is 2. The van der Waals surface area contributed by atoms with E-state index >= 15 is 4.39 Å². The van der Waals surface area contributed by atoms with Crippen LogP contribution in [0.2, 0.25) is 0 Å². The number of nitrogens with two attached hydrogens (primary N) is 1. The second kappa shape index (κ2) is 10.9. The lowest BCUT2D eigenvalue weighted by Crippen LogP contribution is -2.46. The Morgan fingerprint density at radius 3 is 2.27 bits per heavy atom. The molecule has 10 heteroatoms. The predicted molar refractivity (Wildman–Crippen MR) is 151 cm³/mol. The van der Waals surface area contributed by atoms with Crippen molar-refractivity contribution in [2.75, 3.05) is 43.9 Å². The van der Waals surface area contributed by atoms with Gasteiger partial charge in [0.2, 0.25) is 5.95 Å². The summed E-state index contributed by atoms with van der Waals surface area (Å²) in [5, 5.41) is 5.23. The molecular weight excluding hydrogens is 512 g/mol. The molecule has 3 aromatic carbocycles. The predicted octanol–water partition coefficient (Wildman–Crippen LogP) is 4.73. The Balaban J connectivity index is 1.34. The first-order valence-corrected chi connectivity index (χ1v) is 13.1. The van der Waals surface area contributed by atoms with Crippen molar-refractivity contribution < 1.29 is 13.5 Å². The van der Waals surface area contributed by atoms with Crippen molar-refractivity contribution in [1.82, 2.24) is 24.6 Å². The number of nitrogen functional groups attached to an aromatic ring is 1. The van der Waals surface area contributed by atoms with E-state index < -0.39 is 5.82 Å². The summed E-state index contributed by atoms with van der Waals surface area (Å²) in [7, 11) is 1.50. The molecule has 40 heavy (non-hydrogen) atoms. The van der Waals surface area contributed by atoms with Crippen LogP contribution in [0, 0.1) is 11.6 Å². The van der Waals surface area contributed by atoms with Crippen LogP contribution in [-0.4, -0.2) is 57.9 Å². The molecule has 8 nitrogen and oxygen atoms in total. The van der Waals surface area contributed by atoms with Gasteiger partial charge in [0, 0.05) is 44.4 Å². The number of rotatable bonds is 7. The summed E-state index contributed by atoms with van der Waals surface area (Å²) in [6.45, 7) is 4.09. The Labute approximate surface area is 230 Å². The molecule has 5 aromatic rings. The number of ether oxygens (including phenoxy) is 1. The fourth-order valence-electron chi connectivity index (χ4n) is 5.02. The van der Waals surface area contributed by atoms with E-state index in [4.69, 9.17) is 25.5 Å². The monoisotopic (exact) mass is 541 g/mol. The summed E-state index contributed by atoms with van der Waals surface area (Å²) in [6, 6.07) is 21.1. The molecule has 2 N–H and O–H groups in total. The fourth-order valence-corrected chi connectivity index (χ4v) is 5.02. The van der Waals surface area contributed by atoms with E-state index in [0.717, 1.165) is 30.8 Å². The van der Waals surface area contributed by atoms with E-state index in [1.165, 1.54) is 25.3 Å². The average Bonchev–Trinajstić information content (AvgIpc) is 3.29. The lowest BCUT2D eigenvalue weighted by atomic mass is 10.1. The van der Waals surface area contributed by atoms with Gasteiger partial charge in [-0.1, -0.05) is 42.5 Å². The molecule has 0 atom stereocenters. The maximum absolute atomic E-state index is 15.3. The zero-order valence-corrected chi connectivity index (χ0v) is 22.1. The Morgan fingerprint density at radius 2 is 1.57 bits per heavy atom. The van der Waals surface area contributed by atoms with Crippen LogP contribution in [0.4, 0.5) is 20.5 Å². The highest BCUT2D eigenvalue weighted by atomic mass is 19.1. The minimum atomic E-state index is -0.468. The van der Waals surface area contributed by atoms with Crippen molar-refractivity contribution in [1.29, 1.82) is 0 Å². The Bertz CT molecular complexity index is 1630. The van der Waals surface area contributed by atoms with E-state index in [9.17, 15) is 4.39 Å². The summed E-state index contributed by atoms with van der Waals surface area (Å²) in [5.41, 5.74) is 9.79. The Kier molecular flexibility index (Phi) is 7.00. The zero-order valence-electron chi connectivity index (χ0n) is 22.1. The smallest absolute Gasteiger partial charge is 0.228 e. The van der Waals surface area contributed by atoms with Crippen LogP contribution < -0.4 is 15.4 Å². The Morgan fingerprint density at radius 1 is 0.850 bits per heavy atom. The molecule has 0 radical (unpaired) electrons. The van der Waals surface area contributed by atoms with Gasteiger partial charge < -0.3 is 15.4 Å². The molecule has 0 spiro atoms. The lowest BCUT2D eigenvalue weighted by molar-refractivity contribution is 0.248. The first kappa shape index (κ1) is 25.7. The van der Waals surface area contributed by atoms with Crippen molar-refractivity contribution in [2.24, 2.45) is 0 Å². The van der Waals surface area contributed by atoms with E-state index in [1.54, 1.807) is 16.8 Å². The normalized spacial score (nSPS) is 14.1. The number of piperazine rings is 1. The number of aromatic nitrogens is 4. The SMILES string of the molecule is COc1ccc(-c2nc(N3CCN(Cc4ccc(F)cc4)CC3)nc3nn(Cc4ccccc4)c(N)c23)c(F)c1. The van der Waals surface area contributed by atoms with E-state index in [2.05, 4.69) is 9.80 Å². The second-order valence-electron chi connectivity index (χ2n) is 9.83. The maximum atomic E-state index is 15.3. The van der Waals surface area contributed by atoms with Crippen molar-refractivity contribution in [3.63, 3.8) is 0 Å². The van der Waals surface area contributed by atoms with Gasteiger partial charge in [0.05, 0.1) is 24.7 Å². The standard InChI is InChI=1S/C30H29F2N7O/c1-40-23-11-12-24(25(32)17-23)27-26-28(33)39(19-20-5-3-2-4-6-20)36-29(26)35-30(34-27)38-15-13-37(14-16-38)18-21-7-9-22(31)10-8-21/h2-12,17H,13-16,18-19,33H2,1H3. The lowest BCUT2D eigenvalue weighted by Gasteiger charge is -2.34. The van der Waals surface area contributed by atoms with Gasteiger partial charge in [-0.05, 0) is 35.4 Å². The second-order valence-corrected chi connectivity index (χ2v) is 9.83. The van der Waals surface area contributed by atoms with Crippen LogP contribution in [0.1, 0.15) is 11.1 Å². The minimum Gasteiger partial charge on any atom is -0.497 e. The molecule has 6 rings (SSSR count). The van der Waals surface area contributed by atoms with Gasteiger partial charge in [0.1, 0.15) is 23.2 Å². The number of nitrogens with zero attached hydrogens (tertiary/aromatic N) is 6.